The second kappa shape index (κ2) is 7.02. The van der Waals surface area contributed by atoms with Crippen LogP contribution in [0.15, 0.2) is 60.4 Å². The fourth-order valence-electron chi connectivity index (χ4n) is 2.20. The third-order valence-electron chi connectivity index (χ3n) is 3.35. The lowest BCUT2D eigenvalue weighted by Gasteiger charge is -2.15. The number of hydrogen-bond acceptors (Lipinski definition) is 4. The van der Waals surface area contributed by atoms with Crippen LogP contribution < -0.4 is 10.6 Å². The topological polar surface area (TPSA) is 66.9 Å². The molecule has 0 saturated carbocycles. The first-order chi connectivity index (χ1) is 11.2. The Kier molecular flexibility index (Phi) is 4.63. The molecule has 1 aromatic carbocycles. The highest BCUT2D eigenvalue weighted by atomic mass is 32.1. The second-order valence-electron chi connectivity index (χ2n) is 5.02. The molecule has 23 heavy (non-hydrogen) atoms. The number of nitrogens with one attached hydrogen (secondary N) is 2. The molecular weight excluding hydrogens is 308 g/mol. The molecule has 3 rings (SSSR count). The number of carbonyl (C=O) groups is 1. The van der Waals surface area contributed by atoms with Crippen LogP contribution in [0, 0.1) is 0 Å². The van der Waals surface area contributed by atoms with Gasteiger partial charge in [0.15, 0.2) is 0 Å². The van der Waals surface area contributed by atoms with Crippen molar-refractivity contribution in [2.45, 2.75) is 13.0 Å². The molecule has 0 radical (unpaired) electrons. The van der Waals surface area contributed by atoms with Crippen molar-refractivity contribution in [2.75, 3.05) is 5.32 Å². The number of thiazole rings is 1. The zero-order chi connectivity index (χ0) is 16.1. The van der Waals surface area contributed by atoms with E-state index in [0.717, 1.165) is 21.8 Å². The lowest BCUT2D eigenvalue weighted by Crippen LogP contribution is -2.31. The Balaban J connectivity index is 1.65. The lowest BCUT2D eigenvalue weighted by molar-refractivity contribution is 0.249. The van der Waals surface area contributed by atoms with Crippen LogP contribution in [0.1, 0.15) is 18.5 Å². The molecule has 5 nitrogen and oxygen atoms in total. The molecule has 1 unspecified atom stereocenters. The maximum Gasteiger partial charge on any atom is 0.319 e. The number of nitrogens with zero attached hydrogens (tertiary/aromatic N) is 2. The Bertz CT molecular complexity index is 774. The average molecular weight is 324 g/mol. The zero-order valence-electron chi connectivity index (χ0n) is 12.6. The van der Waals surface area contributed by atoms with Gasteiger partial charge in [-0.1, -0.05) is 12.1 Å². The first-order valence-corrected chi connectivity index (χ1v) is 8.08. The van der Waals surface area contributed by atoms with E-state index in [0.29, 0.717) is 0 Å². The second-order valence-corrected chi connectivity index (χ2v) is 5.91. The summed E-state index contributed by atoms with van der Waals surface area (Å²) in [6, 6.07) is 11.1. The number of carbonyl (C=O) groups excluding carboxylic acids is 1. The largest absolute Gasteiger partial charge is 0.331 e. The zero-order valence-corrected chi connectivity index (χ0v) is 13.4. The summed E-state index contributed by atoms with van der Waals surface area (Å²) in [5.41, 5.74) is 2.73. The van der Waals surface area contributed by atoms with E-state index in [1.165, 1.54) is 0 Å². The predicted octanol–water partition coefficient (Wildman–Crippen LogP) is 4.09. The van der Waals surface area contributed by atoms with E-state index in [2.05, 4.69) is 20.6 Å². The van der Waals surface area contributed by atoms with Gasteiger partial charge in [0.2, 0.25) is 0 Å². The molecular formula is C17H16N4OS. The summed E-state index contributed by atoms with van der Waals surface area (Å²) in [6.45, 7) is 1.93. The first kappa shape index (κ1) is 15.2. The van der Waals surface area contributed by atoms with Crippen LogP contribution >= 0.6 is 11.3 Å². The summed E-state index contributed by atoms with van der Waals surface area (Å²) in [5.74, 6) is 0. The molecule has 0 aliphatic carbocycles. The van der Waals surface area contributed by atoms with E-state index >= 15 is 0 Å². The number of rotatable bonds is 4. The summed E-state index contributed by atoms with van der Waals surface area (Å²) in [5, 5.41) is 8.62. The van der Waals surface area contributed by atoms with Crippen molar-refractivity contribution in [1.29, 1.82) is 0 Å². The molecule has 2 heterocycles. The van der Waals surface area contributed by atoms with Crippen LogP contribution in [-0.4, -0.2) is 16.0 Å². The van der Waals surface area contributed by atoms with Crippen molar-refractivity contribution in [2.24, 2.45) is 0 Å². The predicted molar refractivity (Wildman–Crippen MR) is 92.4 cm³/mol. The van der Waals surface area contributed by atoms with Crippen molar-refractivity contribution >= 4 is 23.1 Å². The molecule has 0 aliphatic rings. The standard InChI is InChI=1S/C17H16N4OS/c1-12(13-5-7-18-8-6-13)20-17(22)21-15-4-2-3-14(11-15)16-19-9-10-23-16/h2-12H,1H3,(H2,20,21,22). The van der Waals surface area contributed by atoms with Crippen LogP contribution in [0.4, 0.5) is 10.5 Å². The Morgan fingerprint density at radius 1 is 1.17 bits per heavy atom. The molecule has 2 aromatic heterocycles. The van der Waals surface area contributed by atoms with Gasteiger partial charge in [-0.2, -0.15) is 0 Å². The van der Waals surface area contributed by atoms with Crippen molar-refractivity contribution < 1.29 is 4.79 Å². The van der Waals surface area contributed by atoms with E-state index in [4.69, 9.17) is 0 Å². The van der Waals surface area contributed by atoms with Crippen molar-refractivity contribution in [3.8, 4) is 10.6 Å². The van der Waals surface area contributed by atoms with Crippen LogP contribution in [0.2, 0.25) is 0 Å². The SMILES string of the molecule is CC(NC(=O)Nc1cccc(-c2nccs2)c1)c1ccncc1. The number of pyridine rings is 1. The quantitative estimate of drug-likeness (QED) is 0.759. The number of benzene rings is 1. The lowest BCUT2D eigenvalue weighted by atomic mass is 10.1. The number of aromatic nitrogens is 2. The molecule has 116 valence electrons. The maximum atomic E-state index is 12.1. The fraction of sp³-hybridized carbons (Fsp3) is 0.118. The molecule has 3 aromatic rings. The van der Waals surface area contributed by atoms with Gasteiger partial charge in [-0.3, -0.25) is 4.98 Å². The van der Waals surface area contributed by atoms with Crippen molar-refractivity contribution in [1.82, 2.24) is 15.3 Å². The maximum absolute atomic E-state index is 12.1. The van der Waals surface area contributed by atoms with E-state index in [1.54, 1.807) is 29.9 Å². The van der Waals surface area contributed by atoms with Gasteiger partial charge in [0, 0.05) is 35.2 Å². The van der Waals surface area contributed by atoms with Gasteiger partial charge in [0.1, 0.15) is 5.01 Å². The number of hydrogen-bond donors (Lipinski definition) is 2. The van der Waals surface area contributed by atoms with Gasteiger partial charge in [-0.25, -0.2) is 9.78 Å². The normalized spacial score (nSPS) is 11.7. The fourth-order valence-corrected chi connectivity index (χ4v) is 2.83. The first-order valence-electron chi connectivity index (χ1n) is 7.20. The molecule has 0 spiro atoms. The molecule has 2 amide bonds. The third kappa shape index (κ3) is 3.92. The van der Waals surface area contributed by atoms with Gasteiger partial charge in [-0.15, -0.1) is 11.3 Å². The summed E-state index contributed by atoms with van der Waals surface area (Å²) in [7, 11) is 0. The van der Waals surface area contributed by atoms with E-state index in [1.807, 2.05) is 48.7 Å². The van der Waals surface area contributed by atoms with Gasteiger partial charge >= 0.3 is 6.03 Å². The highest BCUT2D eigenvalue weighted by Gasteiger charge is 2.10. The van der Waals surface area contributed by atoms with Gasteiger partial charge in [0.25, 0.3) is 0 Å². The molecule has 0 bridgehead atoms. The number of urea groups is 1. The Labute approximate surface area is 138 Å². The van der Waals surface area contributed by atoms with E-state index < -0.39 is 0 Å². The summed E-state index contributed by atoms with van der Waals surface area (Å²) in [6.07, 6.45) is 5.19. The molecule has 2 N–H and O–H groups in total. The van der Waals surface area contributed by atoms with Gasteiger partial charge in [-0.05, 0) is 36.8 Å². The highest BCUT2D eigenvalue weighted by molar-refractivity contribution is 7.13. The molecule has 0 fully saturated rings. The third-order valence-corrected chi connectivity index (χ3v) is 4.18. The van der Waals surface area contributed by atoms with Crippen LogP contribution in [0.5, 0.6) is 0 Å². The molecule has 0 saturated heterocycles. The minimum absolute atomic E-state index is 0.0971. The Hall–Kier alpha value is -2.73. The minimum atomic E-state index is -0.245. The summed E-state index contributed by atoms with van der Waals surface area (Å²) in [4.78, 5) is 20.4. The molecule has 0 aliphatic heterocycles. The van der Waals surface area contributed by atoms with Crippen LogP contribution in [0.3, 0.4) is 0 Å². The summed E-state index contributed by atoms with van der Waals surface area (Å²) >= 11 is 1.57. The molecule has 6 heteroatoms. The Morgan fingerprint density at radius 2 is 2.00 bits per heavy atom. The minimum Gasteiger partial charge on any atom is -0.331 e. The average Bonchev–Trinajstić information content (AvgIpc) is 3.10. The highest BCUT2D eigenvalue weighted by Crippen LogP contribution is 2.24. The number of anilines is 1. The van der Waals surface area contributed by atoms with Crippen molar-refractivity contribution in [3.63, 3.8) is 0 Å². The monoisotopic (exact) mass is 324 g/mol. The number of amides is 2. The van der Waals surface area contributed by atoms with Gasteiger partial charge in [0.05, 0.1) is 6.04 Å². The van der Waals surface area contributed by atoms with Gasteiger partial charge < -0.3 is 10.6 Å². The summed E-state index contributed by atoms with van der Waals surface area (Å²) < 4.78 is 0. The van der Waals surface area contributed by atoms with Crippen molar-refractivity contribution in [3.05, 3.63) is 65.9 Å². The van der Waals surface area contributed by atoms with E-state index in [9.17, 15) is 4.79 Å². The van der Waals surface area contributed by atoms with Crippen LogP contribution in [0.25, 0.3) is 10.6 Å². The van der Waals surface area contributed by atoms with E-state index in [-0.39, 0.29) is 12.1 Å². The van der Waals surface area contributed by atoms with Crippen LogP contribution in [-0.2, 0) is 0 Å². The Morgan fingerprint density at radius 3 is 2.74 bits per heavy atom. The molecule has 1 atom stereocenters. The smallest absolute Gasteiger partial charge is 0.319 e.